The normalized spacial score (nSPS) is 12.9. The number of sulfone groups is 1. The van der Waals surface area contributed by atoms with Crippen LogP contribution in [0.25, 0.3) is 10.8 Å². The van der Waals surface area contributed by atoms with Gasteiger partial charge in [0.25, 0.3) is 20.2 Å². The number of rotatable bonds is 11. The molecule has 0 unspecified atom stereocenters. The van der Waals surface area contributed by atoms with E-state index in [1.165, 1.54) is 24.3 Å². The van der Waals surface area contributed by atoms with E-state index in [-0.39, 0.29) is 51.7 Å². The molecule has 0 aliphatic rings. The molecule has 0 saturated carbocycles. The highest BCUT2D eigenvalue weighted by Crippen LogP contribution is 2.38. The number of azo groups is 1. The molecule has 0 amide bonds. The van der Waals surface area contributed by atoms with Crippen LogP contribution in [0, 0.1) is 0 Å². The summed E-state index contributed by atoms with van der Waals surface area (Å²) in [5.41, 5.74) is 5.71. The molecular formula is C18H17N3O12S4. The second kappa shape index (κ2) is 11.3. The van der Waals surface area contributed by atoms with Crippen LogP contribution >= 0.6 is 12.3 Å². The summed E-state index contributed by atoms with van der Waals surface area (Å²) in [6.45, 7) is -0.283. The summed E-state index contributed by atoms with van der Waals surface area (Å²) in [6.07, 6.45) is 0. The second-order valence-electron chi connectivity index (χ2n) is 7.01. The highest BCUT2D eigenvalue weighted by atomic mass is 32.2. The Bertz CT molecular complexity index is 1660. The molecule has 37 heavy (non-hydrogen) atoms. The van der Waals surface area contributed by atoms with Crippen LogP contribution in [0.2, 0.25) is 0 Å². The molecule has 3 aromatic rings. The molecule has 0 aliphatic carbocycles. The van der Waals surface area contributed by atoms with Gasteiger partial charge in [-0.3, -0.25) is 13.3 Å². The summed E-state index contributed by atoms with van der Waals surface area (Å²) < 4.78 is 99.1. The van der Waals surface area contributed by atoms with E-state index < -0.39 is 45.6 Å². The van der Waals surface area contributed by atoms with Crippen molar-refractivity contribution in [3.05, 3.63) is 48.5 Å². The molecule has 200 valence electrons. The van der Waals surface area contributed by atoms with Crippen molar-refractivity contribution in [1.29, 1.82) is 0 Å². The average Bonchev–Trinajstić information content (AvgIpc) is 2.82. The van der Waals surface area contributed by atoms with E-state index in [9.17, 15) is 34.4 Å². The maximum Gasteiger partial charge on any atom is 0.295 e. The summed E-state index contributed by atoms with van der Waals surface area (Å²) >= 11 is 0.232. The van der Waals surface area contributed by atoms with Crippen molar-refractivity contribution in [3.8, 4) is 0 Å². The lowest BCUT2D eigenvalue weighted by Crippen LogP contribution is -2.10. The van der Waals surface area contributed by atoms with Crippen LogP contribution in [0.4, 0.5) is 17.1 Å². The van der Waals surface area contributed by atoms with Gasteiger partial charge in [-0.1, -0.05) is 11.1 Å². The first-order valence-corrected chi connectivity index (χ1v) is 14.8. The molecule has 0 spiro atoms. The molecule has 0 heterocycles. The number of nitrogen functional groups attached to an aromatic ring is 1. The van der Waals surface area contributed by atoms with Gasteiger partial charge < -0.3 is 5.73 Å². The van der Waals surface area contributed by atoms with Crippen molar-refractivity contribution in [1.82, 2.24) is 0 Å². The Balaban J connectivity index is 1.93. The fourth-order valence-electron chi connectivity index (χ4n) is 2.99. The topological polar surface area (TPSA) is 242 Å². The lowest BCUT2D eigenvalue weighted by molar-refractivity contribution is -0.434. The third-order valence-corrected chi connectivity index (χ3v) is 8.49. The molecule has 0 fully saturated rings. The minimum absolute atomic E-state index is 0.0732. The zero-order chi connectivity index (χ0) is 27.4. The lowest BCUT2D eigenvalue weighted by Gasteiger charge is -2.10. The molecule has 0 saturated heterocycles. The molecule has 3 aromatic carbocycles. The van der Waals surface area contributed by atoms with E-state index in [1.807, 2.05) is 0 Å². The Morgan fingerprint density at radius 1 is 0.838 bits per heavy atom. The molecule has 0 radical (unpaired) electrons. The van der Waals surface area contributed by atoms with Gasteiger partial charge in [0.15, 0.2) is 22.2 Å². The van der Waals surface area contributed by atoms with Gasteiger partial charge in [-0.25, -0.2) is 13.7 Å². The quantitative estimate of drug-likeness (QED) is 0.0473. The molecular weight excluding hydrogens is 578 g/mol. The van der Waals surface area contributed by atoms with Gasteiger partial charge in [0.2, 0.25) is 0 Å². The summed E-state index contributed by atoms with van der Waals surface area (Å²) in [5, 5.41) is 18.7. The predicted octanol–water partition coefficient (Wildman–Crippen LogP) is 3.11. The molecule has 5 N–H and O–H groups in total. The van der Waals surface area contributed by atoms with E-state index in [0.29, 0.717) is 0 Å². The largest absolute Gasteiger partial charge is 0.396 e. The Labute approximate surface area is 214 Å². The minimum atomic E-state index is -4.81. The molecule has 0 aliphatic heterocycles. The number of hydrogen-bond acceptors (Lipinski definition) is 14. The van der Waals surface area contributed by atoms with Crippen molar-refractivity contribution in [2.75, 3.05) is 18.1 Å². The van der Waals surface area contributed by atoms with Crippen molar-refractivity contribution in [2.45, 2.75) is 14.7 Å². The molecule has 19 heteroatoms. The Hall–Kier alpha value is -2.72. The highest BCUT2D eigenvalue weighted by Gasteiger charge is 2.21. The van der Waals surface area contributed by atoms with Crippen LogP contribution in [-0.4, -0.2) is 52.0 Å². The second-order valence-corrected chi connectivity index (χ2v) is 12.4. The number of nitrogens with zero attached hydrogens (tertiary/aromatic N) is 2. The third kappa shape index (κ3) is 7.19. The summed E-state index contributed by atoms with van der Waals surface area (Å²) in [7, 11) is -13.2. The van der Waals surface area contributed by atoms with Gasteiger partial charge in [-0.2, -0.15) is 21.9 Å². The third-order valence-electron chi connectivity index (χ3n) is 4.68. The Kier molecular flexibility index (Phi) is 8.85. The van der Waals surface area contributed by atoms with Crippen LogP contribution in [0.3, 0.4) is 0 Å². The van der Waals surface area contributed by atoms with Crippen LogP contribution in [0.5, 0.6) is 0 Å². The zero-order valence-corrected chi connectivity index (χ0v) is 21.4. The van der Waals surface area contributed by atoms with Crippen LogP contribution < -0.4 is 5.73 Å². The fraction of sp³-hybridized carbons (Fsp3) is 0.111. The molecule has 0 bridgehead atoms. The Morgan fingerprint density at radius 2 is 1.49 bits per heavy atom. The zero-order valence-electron chi connectivity index (χ0n) is 18.2. The maximum absolute atomic E-state index is 12.3. The molecule has 0 atom stereocenters. The van der Waals surface area contributed by atoms with Crippen molar-refractivity contribution in [2.24, 2.45) is 10.2 Å². The summed E-state index contributed by atoms with van der Waals surface area (Å²) in [4.78, 5) is -1.28. The first-order chi connectivity index (χ1) is 17.2. The van der Waals surface area contributed by atoms with E-state index in [4.69, 9.17) is 15.2 Å². The minimum Gasteiger partial charge on any atom is -0.396 e. The highest BCUT2D eigenvalue weighted by molar-refractivity contribution is 7.91. The monoisotopic (exact) mass is 595 g/mol. The molecule has 0 aromatic heterocycles. The maximum atomic E-state index is 12.3. The van der Waals surface area contributed by atoms with Gasteiger partial charge in [0, 0.05) is 10.8 Å². The van der Waals surface area contributed by atoms with Gasteiger partial charge in [-0.05, 0) is 42.5 Å². The number of hydrogen-bond donors (Lipinski definition) is 4. The Morgan fingerprint density at radius 3 is 2.08 bits per heavy atom. The van der Waals surface area contributed by atoms with Gasteiger partial charge in [0.1, 0.15) is 10.6 Å². The SMILES string of the molecule is Nc1c(/N=N/c2ccc(S(=O)(=O)CCOSOOO)cc2)cc(S(=O)(=O)O)c2ccc(S(=O)(=O)O)cc12. The van der Waals surface area contributed by atoms with E-state index in [0.717, 1.165) is 24.3 Å². The van der Waals surface area contributed by atoms with Crippen molar-refractivity contribution in [3.63, 3.8) is 0 Å². The van der Waals surface area contributed by atoms with E-state index in [1.54, 1.807) is 0 Å². The standard InChI is InChI=1S/C18H17N3O12S4/c19-18-15-9-13(36(25,26)27)5-6-14(15)17(37(28,29)30)10-16(18)21-20-11-1-3-12(4-2-11)35(23,24)8-7-31-34-33-32-22/h1-6,9-10,22H,7-8,19H2,(H,25,26,27)(H,28,29,30)/b21-20+. The lowest BCUT2D eigenvalue weighted by atomic mass is 10.1. The fourth-order valence-corrected chi connectivity index (χ4v) is 5.63. The van der Waals surface area contributed by atoms with Crippen LogP contribution in [0.15, 0.2) is 73.4 Å². The van der Waals surface area contributed by atoms with Crippen molar-refractivity contribution < 1.29 is 53.2 Å². The average molecular weight is 596 g/mol. The predicted molar refractivity (Wildman–Crippen MR) is 129 cm³/mol. The van der Waals surface area contributed by atoms with E-state index >= 15 is 0 Å². The van der Waals surface area contributed by atoms with Gasteiger partial charge >= 0.3 is 0 Å². The van der Waals surface area contributed by atoms with Gasteiger partial charge in [0.05, 0.1) is 33.5 Å². The van der Waals surface area contributed by atoms with Crippen LogP contribution in [-0.2, 0) is 43.6 Å². The summed E-state index contributed by atoms with van der Waals surface area (Å²) in [6, 6.07) is 8.88. The summed E-state index contributed by atoms with van der Waals surface area (Å²) in [5.74, 6) is -0.423. The number of fused-ring (bicyclic) bond motifs is 1. The molecule has 15 nitrogen and oxygen atoms in total. The first kappa shape index (κ1) is 28.8. The first-order valence-electron chi connectivity index (χ1n) is 9.56. The molecule has 3 rings (SSSR count). The van der Waals surface area contributed by atoms with E-state index in [2.05, 4.69) is 19.6 Å². The number of benzene rings is 3. The van der Waals surface area contributed by atoms with Crippen LogP contribution in [0.1, 0.15) is 0 Å². The van der Waals surface area contributed by atoms with Crippen molar-refractivity contribution >= 4 is 70.2 Å². The van der Waals surface area contributed by atoms with Gasteiger partial charge in [-0.15, -0.1) is 9.45 Å². The number of nitrogens with two attached hydrogens (primary N) is 1. The number of anilines is 1. The smallest absolute Gasteiger partial charge is 0.295 e.